The molecule has 0 bridgehead atoms. The molecule has 1 aliphatic rings. The van der Waals surface area contributed by atoms with Gasteiger partial charge in [0.1, 0.15) is 4.88 Å². The van der Waals surface area contributed by atoms with E-state index in [9.17, 15) is 18.0 Å². The lowest BCUT2D eigenvalue weighted by Gasteiger charge is -2.07. The number of alkyl halides is 3. The van der Waals surface area contributed by atoms with E-state index >= 15 is 0 Å². The van der Waals surface area contributed by atoms with Gasteiger partial charge in [0.05, 0.1) is 17.5 Å². The zero-order valence-corrected chi connectivity index (χ0v) is 11.7. The number of thiophene rings is 1. The van der Waals surface area contributed by atoms with Gasteiger partial charge in [0.25, 0.3) is 5.70 Å². The van der Waals surface area contributed by atoms with Gasteiger partial charge in [0.15, 0.2) is 0 Å². The van der Waals surface area contributed by atoms with Gasteiger partial charge < -0.3 is 0 Å². The summed E-state index contributed by atoms with van der Waals surface area (Å²) in [6.45, 7) is 9.78. The number of fused-ring (bicyclic) bond motifs is 1. The Morgan fingerprint density at radius 1 is 1.48 bits per heavy atom. The van der Waals surface area contributed by atoms with Gasteiger partial charge in [-0.3, -0.25) is 4.79 Å². The highest BCUT2D eigenvalue weighted by molar-refractivity contribution is 7.15. The Bertz CT molecular complexity index is 782. The van der Waals surface area contributed by atoms with Crippen LogP contribution in [0.2, 0.25) is 0 Å². The molecule has 1 aliphatic carbocycles. The minimum Gasteiger partial charge on any atom is -0.288 e. The van der Waals surface area contributed by atoms with Crippen LogP contribution >= 0.6 is 11.3 Å². The van der Waals surface area contributed by atoms with E-state index in [4.69, 9.17) is 11.8 Å². The number of halogens is 3. The topological polar surface area (TPSA) is 45.2 Å². The lowest BCUT2D eigenvalue weighted by Crippen LogP contribution is -2.05. The third-order valence-electron chi connectivity index (χ3n) is 3.12. The second-order valence-corrected chi connectivity index (χ2v) is 5.26. The number of ketones is 1. The van der Waals surface area contributed by atoms with Gasteiger partial charge in [0, 0.05) is 11.1 Å². The van der Waals surface area contributed by atoms with E-state index in [1.54, 1.807) is 13.0 Å². The maximum atomic E-state index is 12.9. The van der Waals surface area contributed by atoms with Crippen molar-refractivity contribution in [3.05, 3.63) is 49.6 Å². The van der Waals surface area contributed by atoms with Crippen molar-refractivity contribution in [2.24, 2.45) is 0 Å². The highest BCUT2D eigenvalue weighted by Gasteiger charge is 2.43. The summed E-state index contributed by atoms with van der Waals surface area (Å²) in [6, 6.07) is 1.65. The fraction of sp³-hybridized carbons (Fsp3) is 0.214. The predicted octanol–water partition coefficient (Wildman–Crippen LogP) is 4.37. The molecule has 1 aromatic heterocycles. The number of carbonyl (C=O) groups excluding carboxylic acids is 1. The van der Waals surface area contributed by atoms with Crippen LogP contribution in [0.4, 0.5) is 13.2 Å². The first-order valence-corrected chi connectivity index (χ1v) is 6.53. The zero-order chi connectivity index (χ0) is 15.9. The Balaban J connectivity index is 2.90. The number of allylic oxidation sites excluding steroid dienone is 4. The summed E-state index contributed by atoms with van der Waals surface area (Å²) >= 11 is 0.363. The maximum absolute atomic E-state index is 12.9. The van der Waals surface area contributed by atoms with E-state index in [0.717, 1.165) is 0 Å². The monoisotopic (exact) mass is 308 g/mol. The van der Waals surface area contributed by atoms with Crippen molar-refractivity contribution in [1.29, 1.82) is 5.26 Å². The molecule has 1 aromatic rings. The molecule has 0 N–H and O–H groups in total. The second kappa shape index (κ2) is 4.87. The Labute approximate surface area is 122 Å². The molecule has 0 unspecified atom stereocenters. The Morgan fingerprint density at radius 3 is 2.52 bits per heavy atom. The number of hydrogen-bond acceptors (Lipinski definition) is 3. The standard InChI is InChI=1S/C14H7F3N2OS/c1-4-7-10(8(5-18)19-3)9-6(2)13(14(15,16)17)21-12(9)11(7)20/h4H,1-2H3/b7-4-,10-8+. The lowest BCUT2D eigenvalue weighted by molar-refractivity contribution is -0.134. The minimum absolute atomic E-state index is 0.0132. The molecule has 7 heteroatoms. The zero-order valence-electron chi connectivity index (χ0n) is 10.9. The molecule has 0 atom stereocenters. The van der Waals surface area contributed by atoms with E-state index < -0.39 is 16.8 Å². The van der Waals surface area contributed by atoms with Crippen LogP contribution < -0.4 is 0 Å². The maximum Gasteiger partial charge on any atom is 0.425 e. The smallest absolute Gasteiger partial charge is 0.288 e. The number of carbonyl (C=O) groups is 1. The summed E-state index contributed by atoms with van der Waals surface area (Å²) in [6.07, 6.45) is -3.15. The van der Waals surface area contributed by atoms with Crippen LogP contribution in [0.3, 0.4) is 0 Å². The van der Waals surface area contributed by atoms with E-state index in [-0.39, 0.29) is 32.8 Å². The van der Waals surface area contributed by atoms with Gasteiger partial charge in [-0.2, -0.15) is 13.2 Å². The summed E-state index contributed by atoms with van der Waals surface area (Å²) in [5, 5.41) is 8.99. The molecule has 3 nitrogen and oxygen atoms in total. The number of hydrogen-bond donors (Lipinski definition) is 0. The molecule has 1 heterocycles. The molecule has 106 valence electrons. The fourth-order valence-corrected chi connectivity index (χ4v) is 3.41. The number of nitrogens with zero attached hydrogens (tertiary/aromatic N) is 2. The third-order valence-corrected chi connectivity index (χ3v) is 4.45. The SMILES string of the molecule is [C-]#[N+]/C(C#N)=C1\C(=C\C)C(=O)c2sc(C(F)(F)F)c(C)c21. The average molecular weight is 308 g/mol. The number of nitriles is 1. The summed E-state index contributed by atoms with van der Waals surface area (Å²) in [5.41, 5.74) is -0.290. The van der Waals surface area contributed by atoms with Crippen LogP contribution in [-0.4, -0.2) is 5.78 Å². The molecule has 0 aromatic carbocycles. The van der Waals surface area contributed by atoms with E-state index in [2.05, 4.69) is 4.85 Å². The van der Waals surface area contributed by atoms with E-state index in [0.29, 0.717) is 11.3 Å². The minimum atomic E-state index is -4.56. The van der Waals surface area contributed by atoms with Gasteiger partial charge >= 0.3 is 6.18 Å². The third kappa shape index (κ3) is 2.07. The number of Topliss-reactive ketones (excluding diaryl/α,β-unsaturated/α-hetero) is 1. The van der Waals surface area contributed by atoms with Crippen molar-refractivity contribution in [2.75, 3.05) is 0 Å². The molecule has 0 saturated heterocycles. The number of rotatable bonds is 0. The quantitative estimate of drug-likeness (QED) is 0.406. The van der Waals surface area contributed by atoms with Crippen molar-refractivity contribution in [2.45, 2.75) is 20.0 Å². The highest BCUT2D eigenvalue weighted by Crippen LogP contribution is 2.49. The Kier molecular flexibility index (Phi) is 3.48. The molecule has 0 spiro atoms. The molecule has 0 aliphatic heterocycles. The van der Waals surface area contributed by atoms with Crippen LogP contribution in [0.5, 0.6) is 0 Å². The molecule has 21 heavy (non-hydrogen) atoms. The lowest BCUT2D eigenvalue weighted by atomic mass is 10.00. The van der Waals surface area contributed by atoms with Crippen LogP contribution in [0.25, 0.3) is 10.4 Å². The van der Waals surface area contributed by atoms with Crippen LogP contribution in [0.1, 0.15) is 32.6 Å². The Hall–Kier alpha value is -2.38. The first kappa shape index (κ1) is 15.0. The van der Waals surface area contributed by atoms with Crippen molar-refractivity contribution < 1.29 is 18.0 Å². The van der Waals surface area contributed by atoms with Crippen molar-refractivity contribution in [3.8, 4) is 6.07 Å². The van der Waals surface area contributed by atoms with Gasteiger partial charge in [-0.1, -0.05) is 6.08 Å². The van der Waals surface area contributed by atoms with Crippen LogP contribution in [-0.2, 0) is 6.18 Å². The molecule has 0 radical (unpaired) electrons. The molecular weight excluding hydrogens is 301 g/mol. The molecule has 0 saturated carbocycles. The predicted molar refractivity (Wildman–Crippen MR) is 71.3 cm³/mol. The van der Waals surface area contributed by atoms with Crippen LogP contribution in [0, 0.1) is 24.8 Å². The summed E-state index contributed by atoms with van der Waals surface area (Å²) in [7, 11) is 0. The van der Waals surface area contributed by atoms with Gasteiger partial charge in [-0.05, 0) is 25.0 Å². The van der Waals surface area contributed by atoms with Gasteiger partial charge in [-0.15, -0.1) is 11.3 Å². The summed E-state index contributed by atoms with van der Waals surface area (Å²) < 4.78 is 38.8. The van der Waals surface area contributed by atoms with Crippen molar-refractivity contribution >= 4 is 22.7 Å². The first-order valence-electron chi connectivity index (χ1n) is 5.72. The van der Waals surface area contributed by atoms with E-state index in [1.165, 1.54) is 13.0 Å². The van der Waals surface area contributed by atoms with Gasteiger partial charge in [0.2, 0.25) is 5.78 Å². The first-order chi connectivity index (χ1) is 9.77. The van der Waals surface area contributed by atoms with Crippen molar-refractivity contribution in [1.82, 2.24) is 0 Å². The summed E-state index contributed by atoms with van der Waals surface area (Å²) in [4.78, 5) is 14.3. The fourth-order valence-electron chi connectivity index (χ4n) is 2.27. The van der Waals surface area contributed by atoms with Crippen LogP contribution in [0.15, 0.2) is 17.3 Å². The molecular formula is C14H7F3N2OS. The molecule has 2 rings (SSSR count). The average Bonchev–Trinajstić information content (AvgIpc) is 2.88. The van der Waals surface area contributed by atoms with Gasteiger partial charge in [-0.25, -0.2) is 10.1 Å². The Morgan fingerprint density at radius 2 is 2.10 bits per heavy atom. The van der Waals surface area contributed by atoms with E-state index in [1.807, 2.05) is 0 Å². The largest absolute Gasteiger partial charge is 0.425 e. The normalized spacial score (nSPS) is 18.4. The van der Waals surface area contributed by atoms with Crippen molar-refractivity contribution in [3.63, 3.8) is 0 Å². The highest BCUT2D eigenvalue weighted by atomic mass is 32.1. The molecule has 0 fully saturated rings. The molecule has 0 amide bonds. The second-order valence-electron chi connectivity index (χ2n) is 4.24. The summed E-state index contributed by atoms with van der Waals surface area (Å²) in [5.74, 6) is -0.567.